The van der Waals surface area contributed by atoms with Gasteiger partial charge in [0.15, 0.2) is 0 Å². The van der Waals surface area contributed by atoms with Crippen molar-refractivity contribution >= 4 is 17.5 Å². The third-order valence-corrected chi connectivity index (χ3v) is 6.03. The second-order valence-electron chi connectivity index (χ2n) is 8.24. The van der Waals surface area contributed by atoms with Crippen LogP contribution in [0.25, 0.3) is 0 Å². The minimum atomic E-state index is -0.323. The van der Waals surface area contributed by atoms with Crippen molar-refractivity contribution in [3.05, 3.63) is 30.1 Å². The Kier molecular flexibility index (Phi) is 8.00. The monoisotopic (exact) mass is 404 g/mol. The maximum absolute atomic E-state index is 13.0. The van der Waals surface area contributed by atoms with Gasteiger partial charge in [0.1, 0.15) is 5.82 Å². The van der Waals surface area contributed by atoms with E-state index in [-0.39, 0.29) is 23.7 Å². The Morgan fingerprint density at radius 2 is 1.66 bits per heavy atom. The molecule has 1 aliphatic heterocycles. The normalized spacial score (nSPS) is 20.6. The van der Waals surface area contributed by atoms with E-state index in [1.54, 1.807) is 12.1 Å². The quantitative estimate of drug-likeness (QED) is 0.716. The topological polar surface area (TPSA) is 64.7 Å². The Labute approximate surface area is 172 Å². The minimum Gasteiger partial charge on any atom is -0.352 e. The van der Waals surface area contributed by atoms with Crippen LogP contribution in [0.5, 0.6) is 0 Å². The van der Waals surface area contributed by atoms with Crippen LogP contribution in [-0.2, 0) is 9.59 Å². The molecule has 1 aromatic rings. The van der Waals surface area contributed by atoms with Gasteiger partial charge in [0.05, 0.1) is 12.6 Å². The summed E-state index contributed by atoms with van der Waals surface area (Å²) in [5, 5.41) is 6.04. The van der Waals surface area contributed by atoms with Gasteiger partial charge in [-0.25, -0.2) is 4.39 Å². The van der Waals surface area contributed by atoms with Gasteiger partial charge in [-0.15, -0.1) is 0 Å². The molecule has 2 N–H and O–H groups in total. The summed E-state index contributed by atoms with van der Waals surface area (Å²) < 4.78 is 13.0. The SMILES string of the molecule is C[C@@H](C(=O)NC1CCCCCC1)N1CCN(CC(=O)Nc2ccc(F)cc2)CC1. The largest absolute Gasteiger partial charge is 0.352 e. The van der Waals surface area contributed by atoms with E-state index in [4.69, 9.17) is 0 Å². The van der Waals surface area contributed by atoms with Gasteiger partial charge in [-0.3, -0.25) is 19.4 Å². The summed E-state index contributed by atoms with van der Waals surface area (Å²) in [4.78, 5) is 29.1. The molecule has 0 aromatic heterocycles. The lowest BCUT2D eigenvalue weighted by molar-refractivity contribution is -0.128. The maximum atomic E-state index is 13.0. The van der Waals surface area contributed by atoms with E-state index in [2.05, 4.69) is 20.4 Å². The molecular weight excluding hydrogens is 371 g/mol. The first kappa shape index (κ1) is 21.7. The Morgan fingerprint density at radius 1 is 1.03 bits per heavy atom. The third-order valence-electron chi connectivity index (χ3n) is 6.03. The Morgan fingerprint density at radius 3 is 2.28 bits per heavy atom. The first-order chi connectivity index (χ1) is 14.0. The molecule has 160 valence electrons. The highest BCUT2D eigenvalue weighted by Gasteiger charge is 2.27. The summed E-state index contributed by atoms with van der Waals surface area (Å²) in [7, 11) is 0. The van der Waals surface area contributed by atoms with E-state index < -0.39 is 0 Å². The molecule has 1 saturated heterocycles. The van der Waals surface area contributed by atoms with Crippen LogP contribution < -0.4 is 10.6 Å². The molecule has 0 radical (unpaired) electrons. The molecule has 0 spiro atoms. The van der Waals surface area contributed by atoms with Crippen molar-refractivity contribution in [2.24, 2.45) is 0 Å². The summed E-state index contributed by atoms with van der Waals surface area (Å²) in [6.07, 6.45) is 7.15. The fourth-order valence-electron chi connectivity index (χ4n) is 4.16. The highest BCUT2D eigenvalue weighted by atomic mass is 19.1. The number of benzene rings is 1. The van der Waals surface area contributed by atoms with Crippen LogP contribution in [0.1, 0.15) is 45.4 Å². The lowest BCUT2D eigenvalue weighted by Crippen LogP contribution is -2.55. The van der Waals surface area contributed by atoms with Crippen LogP contribution in [0.4, 0.5) is 10.1 Å². The Bertz CT molecular complexity index is 666. The van der Waals surface area contributed by atoms with Crippen LogP contribution in [0.2, 0.25) is 0 Å². The second kappa shape index (κ2) is 10.7. The lowest BCUT2D eigenvalue weighted by atomic mass is 10.1. The molecule has 0 unspecified atom stereocenters. The Balaban J connectivity index is 1.39. The van der Waals surface area contributed by atoms with Crippen LogP contribution in [-0.4, -0.2) is 66.4 Å². The van der Waals surface area contributed by atoms with Gasteiger partial charge in [-0.1, -0.05) is 25.7 Å². The first-order valence-electron chi connectivity index (χ1n) is 10.8. The van der Waals surface area contributed by atoms with Crippen LogP contribution >= 0.6 is 0 Å². The van der Waals surface area contributed by atoms with Crippen molar-refractivity contribution in [3.63, 3.8) is 0 Å². The lowest BCUT2D eigenvalue weighted by Gasteiger charge is -2.37. The summed E-state index contributed by atoms with van der Waals surface area (Å²) in [6, 6.07) is 5.95. The van der Waals surface area contributed by atoms with Crippen LogP contribution in [0.3, 0.4) is 0 Å². The zero-order valence-electron chi connectivity index (χ0n) is 17.3. The van der Waals surface area contributed by atoms with Crippen molar-refractivity contribution in [3.8, 4) is 0 Å². The number of carbonyl (C=O) groups is 2. The molecule has 1 atom stereocenters. The summed E-state index contributed by atoms with van der Waals surface area (Å²) in [5.74, 6) is -0.306. The number of hydrogen-bond donors (Lipinski definition) is 2. The fraction of sp³-hybridized carbons (Fsp3) is 0.636. The number of halogens is 1. The average Bonchev–Trinajstić information content (AvgIpc) is 2.98. The molecule has 7 heteroatoms. The highest BCUT2D eigenvalue weighted by molar-refractivity contribution is 5.92. The molecule has 6 nitrogen and oxygen atoms in total. The molecule has 0 bridgehead atoms. The van der Waals surface area contributed by atoms with E-state index in [9.17, 15) is 14.0 Å². The highest BCUT2D eigenvalue weighted by Crippen LogP contribution is 2.18. The number of piperazine rings is 1. The molecular formula is C22H33FN4O2. The summed E-state index contributed by atoms with van der Waals surface area (Å²) >= 11 is 0. The maximum Gasteiger partial charge on any atom is 0.238 e. The molecule has 3 rings (SSSR count). The molecule has 2 aliphatic rings. The molecule has 1 heterocycles. The average molecular weight is 405 g/mol. The summed E-state index contributed by atoms with van der Waals surface area (Å²) in [6.45, 7) is 5.30. The van der Waals surface area contributed by atoms with Gasteiger partial charge in [-0.2, -0.15) is 0 Å². The third kappa shape index (κ3) is 6.78. The van der Waals surface area contributed by atoms with Crippen molar-refractivity contribution in [1.82, 2.24) is 15.1 Å². The number of nitrogens with zero attached hydrogens (tertiary/aromatic N) is 2. The molecule has 1 aliphatic carbocycles. The van der Waals surface area contributed by atoms with Gasteiger partial charge in [0, 0.05) is 37.9 Å². The molecule has 1 saturated carbocycles. The predicted molar refractivity (Wildman–Crippen MR) is 112 cm³/mol. The molecule has 29 heavy (non-hydrogen) atoms. The number of rotatable bonds is 6. The number of hydrogen-bond acceptors (Lipinski definition) is 4. The van der Waals surface area contributed by atoms with Crippen molar-refractivity contribution in [2.75, 3.05) is 38.0 Å². The summed E-state index contributed by atoms with van der Waals surface area (Å²) in [5.41, 5.74) is 0.596. The van der Waals surface area contributed by atoms with Gasteiger partial charge >= 0.3 is 0 Å². The Hall–Kier alpha value is -1.99. The van der Waals surface area contributed by atoms with Gasteiger partial charge in [-0.05, 0) is 44.0 Å². The number of carbonyl (C=O) groups excluding carboxylic acids is 2. The zero-order chi connectivity index (χ0) is 20.6. The van der Waals surface area contributed by atoms with E-state index in [0.29, 0.717) is 18.3 Å². The molecule has 2 fully saturated rings. The van der Waals surface area contributed by atoms with Crippen LogP contribution in [0, 0.1) is 5.82 Å². The fourth-order valence-corrected chi connectivity index (χ4v) is 4.16. The smallest absolute Gasteiger partial charge is 0.238 e. The standard InChI is InChI=1S/C22H33FN4O2/c1-17(22(29)25-19-6-4-2-3-5-7-19)27-14-12-26(13-15-27)16-21(28)24-20-10-8-18(23)9-11-20/h8-11,17,19H,2-7,12-16H2,1H3,(H,24,28)(H,25,29)/t17-/m0/s1. The minimum absolute atomic E-state index is 0.107. The second-order valence-corrected chi connectivity index (χ2v) is 8.24. The van der Waals surface area contributed by atoms with Gasteiger partial charge in [0.25, 0.3) is 0 Å². The van der Waals surface area contributed by atoms with E-state index in [0.717, 1.165) is 39.0 Å². The van der Waals surface area contributed by atoms with E-state index >= 15 is 0 Å². The van der Waals surface area contributed by atoms with E-state index in [1.807, 2.05) is 6.92 Å². The zero-order valence-corrected chi connectivity index (χ0v) is 17.3. The predicted octanol–water partition coefficient (Wildman–Crippen LogP) is 2.61. The number of nitrogens with one attached hydrogen (secondary N) is 2. The number of anilines is 1. The van der Waals surface area contributed by atoms with E-state index in [1.165, 1.54) is 37.8 Å². The van der Waals surface area contributed by atoms with Gasteiger partial charge in [0.2, 0.25) is 11.8 Å². The van der Waals surface area contributed by atoms with Crippen LogP contribution in [0.15, 0.2) is 24.3 Å². The van der Waals surface area contributed by atoms with Crippen molar-refractivity contribution < 1.29 is 14.0 Å². The van der Waals surface area contributed by atoms with Crippen molar-refractivity contribution in [2.45, 2.75) is 57.5 Å². The van der Waals surface area contributed by atoms with Crippen molar-refractivity contribution in [1.29, 1.82) is 0 Å². The first-order valence-corrected chi connectivity index (χ1v) is 10.8. The number of amides is 2. The molecule has 1 aromatic carbocycles. The van der Waals surface area contributed by atoms with Gasteiger partial charge < -0.3 is 10.6 Å². The molecule has 2 amide bonds.